The van der Waals surface area contributed by atoms with E-state index in [9.17, 15) is 9.90 Å². The Hall–Kier alpha value is -0.910. The second-order valence-corrected chi connectivity index (χ2v) is 5.96. The Balaban J connectivity index is 2.23. The molecular weight excluding hydrogens is 260 g/mol. The second-order valence-electron chi connectivity index (χ2n) is 5.18. The van der Waals surface area contributed by atoms with Crippen molar-refractivity contribution in [3.05, 3.63) is 22.4 Å². The summed E-state index contributed by atoms with van der Waals surface area (Å²) in [6, 6.07) is 1.60. The van der Waals surface area contributed by atoms with Crippen LogP contribution in [0.2, 0.25) is 0 Å². The molecule has 0 aliphatic carbocycles. The lowest BCUT2D eigenvalue weighted by Gasteiger charge is -2.17. The lowest BCUT2D eigenvalue weighted by molar-refractivity contribution is -0.122. The Labute approximate surface area is 119 Å². The van der Waals surface area contributed by atoms with Crippen LogP contribution in [0.5, 0.6) is 0 Å². The highest BCUT2D eigenvalue weighted by molar-refractivity contribution is 7.07. The van der Waals surface area contributed by atoms with Gasteiger partial charge in [0.05, 0.1) is 12.1 Å². The Morgan fingerprint density at radius 3 is 2.74 bits per heavy atom. The van der Waals surface area contributed by atoms with Crippen molar-refractivity contribution in [2.75, 3.05) is 13.1 Å². The fraction of sp³-hybridized carbons (Fsp3) is 0.643. The minimum absolute atomic E-state index is 0.0156. The molecule has 5 heteroatoms. The lowest BCUT2D eigenvalue weighted by atomic mass is 10.1. The summed E-state index contributed by atoms with van der Waals surface area (Å²) in [5, 5.41) is 19.7. The normalized spacial score (nSPS) is 14.4. The standard InChI is InChI=1S/C14H24N2O2S/c1-10(2)4-6-15-14(18)11(3)16-8-13(17)12-5-7-19-9-12/h5,7,9-11,13,16-17H,4,6,8H2,1-3H3,(H,15,18). The van der Waals surface area contributed by atoms with Crippen molar-refractivity contribution in [1.82, 2.24) is 10.6 Å². The van der Waals surface area contributed by atoms with Crippen LogP contribution in [0.4, 0.5) is 0 Å². The van der Waals surface area contributed by atoms with Crippen LogP contribution in [0.15, 0.2) is 16.8 Å². The molecule has 2 atom stereocenters. The predicted molar refractivity (Wildman–Crippen MR) is 79.2 cm³/mol. The quantitative estimate of drug-likeness (QED) is 0.683. The zero-order valence-corrected chi connectivity index (χ0v) is 12.7. The van der Waals surface area contributed by atoms with Gasteiger partial charge in [0.1, 0.15) is 0 Å². The summed E-state index contributed by atoms with van der Waals surface area (Å²) >= 11 is 1.56. The summed E-state index contributed by atoms with van der Waals surface area (Å²) in [6.07, 6.45) is 0.424. The van der Waals surface area contributed by atoms with Crippen molar-refractivity contribution >= 4 is 17.2 Å². The van der Waals surface area contributed by atoms with Gasteiger partial charge in [-0.3, -0.25) is 4.79 Å². The first-order valence-corrected chi connectivity index (χ1v) is 7.66. The first-order chi connectivity index (χ1) is 9.00. The number of hydrogen-bond donors (Lipinski definition) is 3. The number of rotatable bonds is 8. The lowest BCUT2D eigenvalue weighted by Crippen LogP contribution is -2.43. The maximum Gasteiger partial charge on any atom is 0.236 e. The van der Waals surface area contributed by atoms with Gasteiger partial charge >= 0.3 is 0 Å². The van der Waals surface area contributed by atoms with Crippen LogP contribution in [0.1, 0.15) is 38.9 Å². The first-order valence-electron chi connectivity index (χ1n) is 6.72. The van der Waals surface area contributed by atoms with Gasteiger partial charge in [0.2, 0.25) is 5.91 Å². The van der Waals surface area contributed by atoms with Gasteiger partial charge in [-0.25, -0.2) is 0 Å². The summed E-state index contributed by atoms with van der Waals surface area (Å²) < 4.78 is 0. The Bertz CT molecular complexity index is 366. The Kier molecular flexibility index (Phi) is 7.05. The van der Waals surface area contributed by atoms with Crippen LogP contribution >= 0.6 is 11.3 Å². The Morgan fingerprint density at radius 2 is 2.16 bits per heavy atom. The summed E-state index contributed by atoms with van der Waals surface area (Å²) in [6.45, 7) is 7.16. The molecule has 0 bridgehead atoms. The number of nitrogens with one attached hydrogen (secondary N) is 2. The third-order valence-corrected chi connectivity index (χ3v) is 3.66. The van der Waals surface area contributed by atoms with Crippen molar-refractivity contribution in [3.8, 4) is 0 Å². The molecule has 0 aliphatic rings. The average molecular weight is 284 g/mol. The van der Waals surface area contributed by atoms with E-state index in [-0.39, 0.29) is 11.9 Å². The van der Waals surface area contributed by atoms with Gasteiger partial charge < -0.3 is 15.7 Å². The van der Waals surface area contributed by atoms with E-state index in [0.29, 0.717) is 19.0 Å². The molecule has 0 aromatic carbocycles. The fourth-order valence-corrected chi connectivity index (χ4v) is 2.31. The molecule has 1 heterocycles. The zero-order chi connectivity index (χ0) is 14.3. The molecular formula is C14H24N2O2S. The van der Waals surface area contributed by atoms with Crippen LogP contribution in [0, 0.1) is 5.92 Å². The number of carbonyl (C=O) groups excluding carboxylic acids is 1. The molecule has 0 saturated carbocycles. The van der Waals surface area contributed by atoms with Crippen molar-refractivity contribution in [2.45, 2.75) is 39.3 Å². The number of aliphatic hydroxyl groups excluding tert-OH is 1. The monoisotopic (exact) mass is 284 g/mol. The molecule has 4 nitrogen and oxygen atoms in total. The molecule has 1 aromatic heterocycles. The van der Waals surface area contributed by atoms with E-state index in [1.165, 1.54) is 0 Å². The van der Waals surface area contributed by atoms with E-state index in [2.05, 4.69) is 24.5 Å². The van der Waals surface area contributed by atoms with Crippen molar-refractivity contribution in [1.29, 1.82) is 0 Å². The topological polar surface area (TPSA) is 61.4 Å². The highest BCUT2D eigenvalue weighted by atomic mass is 32.1. The third kappa shape index (κ3) is 6.18. The predicted octanol–water partition coefficient (Wildman–Crippen LogP) is 1.92. The maximum atomic E-state index is 11.8. The van der Waals surface area contributed by atoms with Crippen LogP contribution in [-0.4, -0.2) is 30.1 Å². The number of aliphatic hydroxyl groups is 1. The number of carbonyl (C=O) groups is 1. The Morgan fingerprint density at radius 1 is 1.42 bits per heavy atom. The van der Waals surface area contributed by atoms with Gasteiger partial charge in [-0.15, -0.1) is 0 Å². The van der Waals surface area contributed by atoms with Gasteiger partial charge in [0.25, 0.3) is 0 Å². The van der Waals surface area contributed by atoms with Crippen LogP contribution in [-0.2, 0) is 4.79 Å². The summed E-state index contributed by atoms with van der Waals surface area (Å²) in [7, 11) is 0. The van der Waals surface area contributed by atoms with E-state index in [1.807, 2.05) is 23.8 Å². The number of thiophene rings is 1. The molecule has 0 spiro atoms. The van der Waals surface area contributed by atoms with Gasteiger partial charge in [0, 0.05) is 13.1 Å². The largest absolute Gasteiger partial charge is 0.387 e. The smallest absolute Gasteiger partial charge is 0.236 e. The molecule has 1 rings (SSSR count). The van der Waals surface area contributed by atoms with Crippen molar-refractivity contribution in [2.24, 2.45) is 5.92 Å². The summed E-state index contributed by atoms with van der Waals surface area (Å²) in [4.78, 5) is 11.8. The van der Waals surface area contributed by atoms with Gasteiger partial charge in [-0.05, 0) is 41.7 Å². The van der Waals surface area contributed by atoms with E-state index in [0.717, 1.165) is 12.0 Å². The van der Waals surface area contributed by atoms with E-state index in [1.54, 1.807) is 11.3 Å². The zero-order valence-electron chi connectivity index (χ0n) is 11.8. The SMILES string of the molecule is CC(C)CCNC(=O)C(C)NCC(O)c1ccsc1. The van der Waals surface area contributed by atoms with Gasteiger partial charge in [-0.2, -0.15) is 11.3 Å². The third-order valence-electron chi connectivity index (χ3n) is 2.96. The highest BCUT2D eigenvalue weighted by Crippen LogP contribution is 2.15. The molecule has 0 fully saturated rings. The molecule has 2 unspecified atom stereocenters. The molecule has 1 amide bonds. The summed E-state index contributed by atoms with van der Waals surface area (Å²) in [5.74, 6) is 0.571. The van der Waals surface area contributed by atoms with Crippen LogP contribution in [0.3, 0.4) is 0 Å². The molecule has 0 radical (unpaired) electrons. The minimum Gasteiger partial charge on any atom is -0.387 e. The molecule has 108 valence electrons. The van der Waals surface area contributed by atoms with E-state index >= 15 is 0 Å². The van der Waals surface area contributed by atoms with Gasteiger partial charge in [0.15, 0.2) is 0 Å². The van der Waals surface area contributed by atoms with E-state index in [4.69, 9.17) is 0 Å². The molecule has 0 aliphatic heterocycles. The van der Waals surface area contributed by atoms with E-state index < -0.39 is 6.10 Å². The number of amides is 1. The van der Waals surface area contributed by atoms with Crippen molar-refractivity contribution in [3.63, 3.8) is 0 Å². The van der Waals surface area contributed by atoms with Gasteiger partial charge in [-0.1, -0.05) is 13.8 Å². The van der Waals surface area contributed by atoms with Crippen LogP contribution in [0.25, 0.3) is 0 Å². The molecule has 19 heavy (non-hydrogen) atoms. The molecule has 1 aromatic rings. The first kappa shape index (κ1) is 16.1. The maximum absolute atomic E-state index is 11.8. The average Bonchev–Trinajstić information content (AvgIpc) is 2.88. The second kappa shape index (κ2) is 8.30. The summed E-state index contributed by atoms with van der Waals surface area (Å²) in [5.41, 5.74) is 0.893. The molecule has 0 saturated heterocycles. The highest BCUT2D eigenvalue weighted by Gasteiger charge is 2.14. The molecule has 3 N–H and O–H groups in total. The minimum atomic E-state index is -0.558. The van der Waals surface area contributed by atoms with Crippen molar-refractivity contribution < 1.29 is 9.90 Å². The number of hydrogen-bond acceptors (Lipinski definition) is 4. The van der Waals surface area contributed by atoms with Crippen LogP contribution < -0.4 is 10.6 Å². The fourth-order valence-electron chi connectivity index (χ4n) is 1.60.